The zero-order valence-corrected chi connectivity index (χ0v) is 9.20. The van der Waals surface area contributed by atoms with Crippen LogP contribution in [0, 0.1) is 0 Å². The van der Waals surface area contributed by atoms with Crippen LogP contribution in [0.5, 0.6) is 5.75 Å². The van der Waals surface area contributed by atoms with Crippen LogP contribution in [0.3, 0.4) is 0 Å². The maximum absolute atomic E-state index is 9.77. The van der Waals surface area contributed by atoms with E-state index < -0.39 is 0 Å². The molecule has 2 atom stereocenters. The van der Waals surface area contributed by atoms with Crippen molar-refractivity contribution in [2.24, 2.45) is 0 Å². The second kappa shape index (κ2) is 5.35. The zero-order valence-electron chi connectivity index (χ0n) is 8.39. The summed E-state index contributed by atoms with van der Waals surface area (Å²) in [6.45, 7) is 0.947. The van der Waals surface area contributed by atoms with E-state index in [1.807, 2.05) is 12.1 Å². The lowest BCUT2D eigenvalue weighted by Crippen LogP contribution is -2.37. The summed E-state index contributed by atoms with van der Waals surface area (Å²) in [7, 11) is 0. The number of hydrogen-bond acceptors (Lipinski definition) is 3. The summed E-state index contributed by atoms with van der Waals surface area (Å²) in [6, 6.07) is 7.02. The number of nitrogens with one attached hydrogen (secondary N) is 1. The highest BCUT2D eigenvalue weighted by Gasteiger charge is 2.23. The average molecular weight is 230 g/mol. The number of halogens is 1. The predicted molar refractivity (Wildman–Crippen MR) is 61.3 cm³/mol. The van der Waals surface area contributed by atoms with Crippen LogP contribution < -0.4 is 5.32 Å². The molecule has 1 saturated heterocycles. The summed E-state index contributed by atoms with van der Waals surface area (Å²) in [6.07, 6.45) is 1.56. The quantitative estimate of drug-likeness (QED) is 0.686. The lowest BCUT2D eigenvalue weighted by atomic mass is 9.95. The third-order valence-corrected chi connectivity index (χ3v) is 2.68. The minimum atomic E-state index is -0.312. The van der Waals surface area contributed by atoms with Gasteiger partial charge in [0.1, 0.15) is 5.75 Å². The Balaban J connectivity index is 0.00000112. The topological polar surface area (TPSA) is 52.5 Å². The molecule has 2 unspecified atom stereocenters. The van der Waals surface area contributed by atoms with Crippen LogP contribution in [0.1, 0.15) is 24.4 Å². The first kappa shape index (κ1) is 12.3. The van der Waals surface area contributed by atoms with E-state index in [2.05, 4.69) is 5.32 Å². The fraction of sp³-hybridized carbons (Fsp3) is 0.455. The monoisotopic (exact) mass is 229 g/mol. The van der Waals surface area contributed by atoms with Crippen LogP contribution in [0.4, 0.5) is 0 Å². The lowest BCUT2D eigenvalue weighted by Gasteiger charge is -2.29. The second-order valence-corrected chi connectivity index (χ2v) is 3.73. The first-order valence-electron chi connectivity index (χ1n) is 4.98. The van der Waals surface area contributed by atoms with Gasteiger partial charge in [0.25, 0.3) is 0 Å². The van der Waals surface area contributed by atoms with Gasteiger partial charge in [0.15, 0.2) is 0 Å². The van der Waals surface area contributed by atoms with Crippen LogP contribution in [-0.2, 0) is 0 Å². The van der Waals surface area contributed by atoms with Crippen molar-refractivity contribution < 1.29 is 10.2 Å². The highest BCUT2D eigenvalue weighted by molar-refractivity contribution is 5.85. The van der Waals surface area contributed by atoms with Gasteiger partial charge in [0, 0.05) is 0 Å². The summed E-state index contributed by atoms with van der Waals surface area (Å²) in [5, 5.41) is 22.2. The standard InChI is InChI=1S/C11H15NO2.ClH/c13-9-5-3-8(4-6-9)11-10(14)2-1-7-12-11;/h3-6,10-14H,1-2,7H2;1H. The number of rotatable bonds is 1. The van der Waals surface area contributed by atoms with E-state index in [-0.39, 0.29) is 30.3 Å². The van der Waals surface area contributed by atoms with Crippen molar-refractivity contribution in [1.29, 1.82) is 0 Å². The molecule has 84 valence electrons. The fourth-order valence-electron chi connectivity index (χ4n) is 1.89. The Kier molecular flexibility index (Phi) is 4.39. The van der Waals surface area contributed by atoms with Crippen molar-refractivity contribution in [2.45, 2.75) is 25.0 Å². The molecule has 1 heterocycles. The first-order valence-corrected chi connectivity index (χ1v) is 4.98. The van der Waals surface area contributed by atoms with Crippen molar-refractivity contribution in [3.63, 3.8) is 0 Å². The summed E-state index contributed by atoms with van der Waals surface area (Å²) >= 11 is 0. The smallest absolute Gasteiger partial charge is 0.115 e. The van der Waals surface area contributed by atoms with Gasteiger partial charge >= 0.3 is 0 Å². The molecule has 2 rings (SSSR count). The van der Waals surface area contributed by atoms with Crippen LogP contribution >= 0.6 is 12.4 Å². The van der Waals surface area contributed by atoms with Gasteiger partial charge in [-0.15, -0.1) is 12.4 Å². The summed E-state index contributed by atoms with van der Waals surface area (Å²) in [5.41, 5.74) is 1.04. The molecular weight excluding hydrogens is 214 g/mol. The van der Waals surface area contributed by atoms with Gasteiger partial charge in [-0.2, -0.15) is 0 Å². The molecule has 0 radical (unpaired) electrons. The Hall–Kier alpha value is -0.770. The molecular formula is C11H16ClNO2. The highest BCUT2D eigenvalue weighted by Crippen LogP contribution is 2.24. The number of phenols is 1. The molecule has 3 N–H and O–H groups in total. The summed E-state index contributed by atoms with van der Waals surface area (Å²) < 4.78 is 0. The van der Waals surface area contributed by atoms with E-state index in [1.165, 1.54) is 0 Å². The van der Waals surface area contributed by atoms with Crippen LogP contribution in [0.25, 0.3) is 0 Å². The molecule has 1 aliphatic rings. The fourth-order valence-corrected chi connectivity index (χ4v) is 1.89. The van der Waals surface area contributed by atoms with E-state index in [1.54, 1.807) is 12.1 Å². The van der Waals surface area contributed by atoms with E-state index in [9.17, 15) is 5.11 Å². The molecule has 3 nitrogen and oxygen atoms in total. The molecule has 1 fully saturated rings. The van der Waals surface area contributed by atoms with Gasteiger partial charge in [0.05, 0.1) is 12.1 Å². The van der Waals surface area contributed by atoms with Crippen molar-refractivity contribution in [1.82, 2.24) is 5.32 Å². The Morgan fingerprint density at radius 3 is 2.47 bits per heavy atom. The molecule has 0 amide bonds. The average Bonchev–Trinajstić information content (AvgIpc) is 2.20. The molecule has 0 bridgehead atoms. The van der Waals surface area contributed by atoms with Crippen molar-refractivity contribution in [3.05, 3.63) is 29.8 Å². The molecule has 0 aromatic heterocycles. The normalized spacial score (nSPS) is 25.7. The van der Waals surface area contributed by atoms with Crippen molar-refractivity contribution >= 4 is 12.4 Å². The number of aliphatic hydroxyl groups excluding tert-OH is 1. The third-order valence-electron chi connectivity index (χ3n) is 2.68. The van der Waals surface area contributed by atoms with Crippen LogP contribution in [0.15, 0.2) is 24.3 Å². The van der Waals surface area contributed by atoms with Gasteiger partial charge in [-0.05, 0) is 37.1 Å². The van der Waals surface area contributed by atoms with E-state index in [0.29, 0.717) is 0 Å². The van der Waals surface area contributed by atoms with Crippen molar-refractivity contribution in [2.75, 3.05) is 6.54 Å². The highest BCUT2D eigenvalue weighted by atomic mass is 35.5. The first-order chi connectivity index (χ1) is 6.77. The van der Waals surface area contributed by atoms with E-state index in [0.717, 1.165) is 24.9 Å². The summed E-state index contributed by atoms with van der Waals surface area (Å²) in [5.74, 6) is 0.263. The van der Waals surface area contributed by atoms with Gasteiger partial charge in [0.2, 0.25) is 0 Å². The van der Waals surface area contributed by atoms with Gasteiger partial charge in [-0.3, -0.25) is 0 Å². The lowest BCUT2D eigenvalue weighted by molar-refractivity contribution is 0.0965. The molecule has 0 spiro atoms. The minimum absolute atomic E-state index is 0. The number of phenolic OH excluding ortho intramolecular Hbond substituents is 1. The molecule has 0 saturated carbocycles. The number of aliphatic hydroxyl groups is 1. The van der Waals surface area contributed by atoms with Crippen molar-refractivity contribution in [3.8, 4) is 5.75 Å². The van der Waals surface area contributed by atoms with Gasteiger partial charge in [-0.1, -0.05) is 12.1 Å². The number of piperidine rings is 1. The van der Waals surface area contributed by atoms with Crippen LogP contribution in [-0.4, -0.2) is 22.9 Å². The number of hydrogen-bond donors (Lipinski definition) is 3. The number of benzene rings is 1. The molecule has 1 aliphatic heterocycles. The molecule has 1 aromatic rings. The molecule has 4 heteroatoms. The predicted octanol–water partition coefficient (Wildman–Crippen LogP) is 1.60. The Morgan fingerprint density at radius 1 is 1.20 bits per heavy atom. The molecule has 0 aliphatic carbocycles. The second-order valence-electron chi connectivity index (χ2n) is 3.73. The maximum atomic E-state index is 9.77. The molecule has 1 aromatic carbocycles. The van der Waals surface area contributed by atoms with E-state index in [4.69, 9.17) is 5.11 Å². The van der Waals surface area contributed by atoms with Crippen LogP contribution in [0.2, 0.25) is 0 Å². The van der Waals surface area contributed by atoms with Gasteiger partial charge in [-0.25, -0.2) is 0 Å². The Labute approximate surface area is 95.5 Å². The van der Waals surface area contributed by atoms with Gasteiger partial charge < -0.3 is 15.5 Å². The van der Waals surface area contributed by atoms with E-state index >= 15 is 0 Å². The molecule has 15 heavy (non-hydrogen) atoms. The zero-order chi connectivity index (χ0) is 9.97. The third kappa shape index (κ3) is 2.84. The SMILES string of the molecule is Cl.Oc1ccc(C2NCCCC2O)cc1. The minimum Gasteiger partial charge on any atom is -0.508 e. The Bertz CT molecular complexity index is 302. The maximum Gasteiger partial charge on any atom is 0.115 e. The Morgan fingerprint density at radius 2 is 1.87 bits per heavy atom. The number of aromatic hydroxyl groups is 1. The largest absolute Gasteiger partial charge is 0.508 e. The summed E-state index contributed by atoms with van der Waals surface area (Å²) in [4.78, 5) is 0.